The molecule has 266 valence electrons. The van der Waals surface area contributed by atoms with Crippen molar-refractivity contribution in [2.45, 2.75) is 44.6 Å². The third-order valence-electron chi connectivity index (χ3n) is 6.88. The lowest BCUT2D eigenvalue weighted by molar-refractivity contribution is 0.424. The van der Waals surface area contributed by atoms with Gasteiger partial charge < -0.3 is 41.4 Å². The molecular formula is C33H49BrN12O2S. The Morgan fingerprint density at radius 1 is 0.694 bits per heavy atom. The maximum atomic E-state index is 6.15. The van der Waals surface area contributed by atoms with Gasteiger partial charge in [0, 0.05) is 61.8 Å². The van der Waals surface area contributed by atoms with Crippen LogP contribution in [0.1, 0.15) is 50.7 Å². The van der Waals surface area contributed by atoms with Crippen LogP contribution in [0.25, 0.3) is 0 Å². The zero-order valence-corrected chi connectivity index (χ0v) is 32.2. The molecule has 0 aliphatic rings. The first-order chi connectivity index (χ1) is 23.3. The topological polar surface area (TPSA) is 178 Å². The monoisotopic (exact) mass is 756 g/mol. The fourth-order valence-electron chi connectivity index (χ4n) is 4.21. The molecule has 0 aromatic carbocycles. The van der Waals surface area contributed by atoms with Crippen LogP contribution in [0, 0.1) is 0 Å². The molecule has 0 aliphatic heterocycles. The highest BCUT2D eigenvalue weighted by Crippen LogP contribution is 2.36. The van der Waals surface area contributed by atoms with E-state index in [0.717, 1.165) is 53.8 Å². The first-order valence-corrected chi connectivity index (χ1v) is 17.9. The molecule has 0 radical (unpaired) electrons. The molecule has 0 bridgehead atoms. The average Bonchev–Trinajstić information content (AvgIpc) is 3.03. The highest BCUT2D eigenvalue weighted by molar-refractivity contribution is 9.10. The number of ether oxygens (including phenoxy) is 2. The van der Waals surface area contributed by atoms with Gasteiger partial charge in [0.25, 0.3) is 0 Å². The van der Waals surface area contributed by atoms with Gasteiger partial charge in [0.1, 0.15) is 16.1 Å². The van der Waals surface area contributed by atoms with Gasteiger partial charge in [-0.05, 0) is 62.2 Å². The number of likely N-dealkylation sites (N-methyl/N-ethyl adjacent to an activating group) is 2. The molecule has 4 rings (SSSR count). The van der Waals surface area contributed by atoms with Crippen LogP contribution in [0.3, 0.4) is 0 Å². The van der Waals surface area contributed by atoms with E-state index in [1.54, 1.807) is 30.4 Å². The summed E-state index contributed by atoms with van der Waals surface area (Å²) in [6.07, 6.45) is 8.84. The average molecular weight is 758 g/mol. The first kappa shape index (κ1) is 39.4. The Hall–Kier alpha value is -3.99. The van der Waals surface area contributed by atoms with Crippen molar-refractivity contribution < 1.29 is 9.47 Å². The fraction of sp³-hybridized carbons (Fsp3) is 0.455. The van der Waals surface area contributed by atoms with E-state index >= 15 is 0 Å². The fourth-order valence-corrected chi connectivity index (χ4v) is 4.91. The number of aromatic nitrogens is 6. The Labute approximate surface area is 302 Å². The molecule has 0 spiro atoms. The molecule has 49 heavy (non-hydrogen) atoms. The second-order valence-corrected chi connectivity index (χ2v) is 13.8. The van der Waals surface area contributed by atoms with Crippen LogP contribution >= 0.6 is 27.7 Å². The van der Waals surface area contributed by atoms with Gasteiger partial charge >= 0.3 is 0 Å². The number of halogens is 1. The molecule has 0 unspecified atom stereocenters. The largest absolute Gasteiger partial charge is 0.451 e. The zero-order valence-electron chi connectivity index (χ0n) is 29.8. The molecule has 0 atom stereocenters. The molecule has 0 saturated heterocycles. The van der Waals surface area contributed by atoms with E-state index in [1.807, 2.05) is 52.8 Å². The molecule has 4 aromatic rings. The van der Waals surface area contributed by atoms with Gasteiger partial charge in [-0.1, -0.05) is 27.7 Å². The highest BCUT2D eigenvalue weighted by atomic mass is 79.9. The summed E-state index contributed by atoms with van der Waals surface area (Å²) >= 11 is 4.96. The van der Waals surface area contributed by atoms with Gasteiger partial charge in [0.15, 0.2) is 23.1 Å². The minimum atomic E-state index is 0.203. The summed E-state index contributed by atoms with van der Waals surface area (Å²) in [7, 11) is 8.06. The maximum Gasteiger partial charge on any atom is 0.222 e. The normalized spacial score (nSPS) is 11.1. The Kier molecular flexibility index (Phi) is 15.5. The minimum Gasteiger partial charge on any atom is -0.451 e. The number of nitrogen functional groups attached to an aromatic ring is 2. The van der Waals surface area contributed by atoms with Crippen molar-refractivity contribution in [1.82, 2.24) is 39.7 Å². The number of hydrogen-bond acceptors (Lipinski definition) is 15. The summed E-state index contributed by atoms with van der Waals surface area (Å²) in [4.78, 5) is 29.5. The molecule has 4 aromatic heterocycles. The molecule has 16 heteroatoms. The van der Waals surface area contributed by atoms with Crippen molar-refractivity contribution in [3.8, 4) is 23.0 Å². The van der Waals surface area contributed by atoms with E-state index < -0.39 is 0 Å². The molecule has 6 N–H and O–H groups in total. The van der Waals surface area contributed by atoms with Gasteiger partial charge in [-0.2, -0.15) is 9.97 Å². The van der Waals surface area contributed by atoms with Crippen LogP contribution in [0.4, 0.5) is 23.5 Å². The third-order valence-corrected chi connectivity index (χ3v) is 7.95. The number of anilines is 4. The van der Waals surface area contributed by atoms with Crippen molar-refractivity contribution >= 4 is 51.2 Å². The van der Waals surface area contributed by atoms with Gasteiger partial charge in [0.2, 0.25) is 11.9 Å². The number of nitrogens with one attached hydrogen (secondary N) is 2. The van der Waals surface area contributed by atoms with Crippen molar-refractivity contribution in [3.05, 3.63) is 52.7 Å². The third kappa shape index (κ3) is 12.8. The Morgan fingerprint density at radius 2 is 1.14 bits per heavy atom. The molecule has 0 amide bonds. The van der Waals surface area contributed by atoms with E-state index in [0.29, 0.717) is 33.7 Å². The van der Waals surface area contributed by atoms with Crippen molar-refractivity contribution in [2.75, 3.05) is 82.7 Å². The van der Waals surface area contributed by atoms with Crippen LogP contribution in [0.15, 0.2) is 46.5 Å². The van der Waals surface area contributed by atoms with E-state index in [4.69, 9.17) is 20.9 Å². The number of hydrogen-bond donors (Lipinski definition) is 4. The van der Waals surface area contributed by atoms with E-state index in [1.165, 1.54) is 0 Å². The first-order valence-electron chi connectivity index (χ1n) is 15.8. The highest BCUT2D eigenvalue weighted by Gasteiger charge is 2.16. The zero-order chi connectivity index (χ0) is 36.1. The Morgan fingerprint density at radius 3 is 1.57 bits per heavy atom. The second kappa shape index (κ2) is 19.3. The maximum absolute atomic E-state index is 6.15. The number of pyridine rings is 2. The van der Waals surface area contributed by atoms with Crippen LogP contribution < -0.4 is 31.6 Å². The lowest BCUT2D eigenvalue weighted by Gasteiger charge is -2.17. The molecule has 0 fully saturated rings. The summed E-state index contributed by atoms with van der Waals surface area (Å²) in [6.45, 7) is 11.6. The summed E-state index contributed by atoms with van der Waals surface area (Å²) in [5.74, 6) is 4.71. The van der Waals surface area contributed by atoms with E-state index in [9.17, 15) is 0 Å². The summed E-state index contributed by atoms with van der Waals surface area (Å²) in [5.41, 5.74) is 13.5. The van der Waals surface area contributed by atoms with Crippen molar-refractivity contribution in [2.24, 2.45) is 0 Å². The van der Waals surface area contributed by atoms with Gasteiger partial charge in [-0.25, -0.2) is 19.9 Å². The molecule has 14 nitrogen and oxygen atoms in total. The summed E-state index contributed by atoms with van der Waals surface area (Å²) in [6, 6.07) is 3.79. The van der Waals surface area contributed by atoms with Crippen LogP contribution in [0.5, 0.6) is 23.0 Å². The van der Waals surface area contributed by atoms with Crippen LogP contribution in [-0.4, -0.2) is 100 Å². The lowest BCUT2D eigenvalue weighted by atomic mass is 10.1. The smallest absolute Gasteiger partial charge is 0.222 e. The standard InChI is InChI=1S/C17H26N6OS.C16H23BrN6O/c1-11(2)12-9-20-15(25-5)8-13(12)24-14-10-21-17(18)22-16(14)19-6-7-23(3)4;1-10(2)11-8-20-14(17)7-12(11)24-13-9-21-16(18)22-15(13)19-5-6-23(3)4/h8-11H,6-7H2,1-5H3,(H3,18,19,21,22);7-10H,5-6H2,1-4H3,(H3,18,19,21,22). The molecular weight excluding hydrogens is 708 g/mol. The van der Waals surface area contributed by atoms with Crippen LogP contribution in [0.2, 0.25) is 0 Å². The molecule has 0 aliphatic carbocycles. The number of rotatable bonds is 15. The number of nitrogens with two attached hydrogens (primary N) is 2. The van der Waals surface area contributed by atoms with Gasteiger partial charge in [-0.15, -0.1) is 11.8 Å². The quantitative estimate of drug-likeness (QED) is 0.0799. The summed E-state index contributed by atoms with van der Waals surface area (Å²) < 4.78 is 12.9. The number of thioether (sulfide) groups is 1. The van der Waals surface area contributed by atoms with Crippen molar-refractivity contribution in [3.63, 3.8) is 0 Å². The van der Waals surface area contributed by atoms with Gasteiger partial charge in [0.05, 0.1) is 17.4 Å². The molecule has 4 heterocycles. The Balaban J connectivity index is 0.000000266. The number of nitrogens with zero attached hydrogens (tertiary/aromatic N) is 8. The summed E-state index contributed by atoms with van der Waals surface area (Å²) in [5, 5.41) is 7.41. The second-order valence-electron chi connectivity index (χ2n) is 12.2. The Bertz CT molecular complexity index is 1640. The van der Waals surface area contributed by atoms with E-state index in [2.05, 4.69) is 94.0 Å². The van der Waals surface area contributed by atoms with E-state index in [-0.39, 0.29) is 17.8 Å². The predicted molar refractivity (Wildman–Crippen MR) is 203 cm³/mol. The molecule has 0 saturated carbocycles. The van der Waals surface area contributed by atoms with Crippen molar-refractivity contribution in [1.29, 1.82) is 0 Å². The van der Waals surface area contributed by atoms with Gasteiger partial charge in [-0.3, -0.25) is 0 Å². The lowest BCUT2D eigenvalue weighted by Crippen LogP contribution is -2.21. The minimum absolute atomic E-state index is 0.203. The SMILES string of the molecule is CC(C)c1cnc(Br)cc1Oc1cnc(N)nc1NCCN(C)C.CSc1cc(Oc2cnc(N)nc2NCCN(C)C)c(C(C)C)cn1. The van der Waals surface area contributed by atoms with Crippen LogP contribution in [-0.2, 0) is 0 Å². The predicted octanol–water partition coefficient (Wildman–Crippen LogP) is 6.17.